The molecule has 0 spiro atoms. The highest BCUT2D eigenvalue weighted by Crippen LogP contribution is 2.36. The summed E-state index contributed by atoms with van der Waals surface area (Å²) in [6, 6.07) is 11.1. The number of benzene rings is 2. The lowest BCUT2D eigenvalue weighted by molar-refractivity contribution is -0.123. The predicted octanol–water partition coefficient (Wildman–Crippen LogP) is 3.53. The molecule has 0 saturated heterocycles. The molecule has 0 bridgehead atoms. The number of halogens is 1. The quantitative estimate of drug-likeness (QED) is 0.693. The van der Waals surface area contributed by atoms with Gasteiger partial charge in [0, 0.05) is 5.56 Å². The van der Waals surface area contributed by atoms with E-state index in [-0.39, 0.29) is 18.0 Å². The van der Waals surface area contributed by atoms with Crippen LogP contribution in [0.15, 0.2) is 48.7 Å². The molecule has 3 aromatic rings. The van der Waals surface area contributed by atoms with Crippen molar-refractivity contribution in [3.63, 3.8) is 0 Å². The first-order valence-corrected chi connectivity index (χ1v) is 9.05. The Morgan fingerprint density at radius 3 is 2.72 bits per heavy atom. The summed E-state index contributed by atoms with van der Waals surface area (Å²) in [6.45, 7) is 1.76. The van der Waals surface area contributed by atoms with Crippen LogP contribution >= 0.6 is 0 Å². The van der Waals surface area contributed by atoms with Gasteiger partial charge in [0.1, 0.15) is 23.4 Å². The Labute approximate surface area is 166 Å². The lowest BCUT2D eigenvalue weighted by Gasteiger charge is -2.10. The summed E-state index contributed by atoms with van der Waals surface area (Å²) < 4.78 is 20.6. The standard InChI is InChI=1S/C21H19FN4O3/c1-12-3-8-17(16(22)9-12)24-19(27)10-18-21(28)25-20-15(11-23-26(18)20)13-4-6-14(29-2)7-5-13/h3-9,11,18H,10H2,1-2H3,(H,24,27)(H,25,28). The molecule has 7 nitrogen and oxygen atoms in total. The summed E-state index contributed by atoms with van der Waals surface area (Å²) in [6.07, 6.45) is 1.48. The van der Waals surface area contributed by atoms with E-state index >= 15 is 0 Å². The van der Waals surface area contributed by atoms with Crippen LogP contribution < -0.4 is 15.4 Å². The molecular formula is C21H19FN4O3. The summed E-state index contributed by atoms with van der Waals surface area (Å²) in [5.74, 6) is -0.0700. The maximum absolute atomic E-state index is 14.0. The molecule has 1 aliphatic heterocycles. The van der Waals surface area contributed by atoms with Crippen molar-refractivity contribution in [1.29, 1.82) is 0 Å². The molecule has 8 heteroatoms. The Hall–Kier alpha value is -3.68. The highest BCUT2D eigenvalue weighted by Gasteiger charge is 2.35. The molecule has 29 heavy (non-hydrogen) atoms. The van der Waals surface area contributed by atoms with E-state index < -0.39 is 17.8 Å². The van der Waals surface area contributed by atoms with E-state index in [0.717, 1.165) is 22.4 Å². The summed E-state index contributed by atoms with van der Waals surface area (Å²) >= 11 is 0. The summed E-state index contributed by atoms with van der Waals surface area (Å²) in [5, 5.41) is 9.59. The number of nitrogens with one attached hydrogen (secondary N) is 2. The zero-order chi connectivity index (χ0) is 20.5. The number of aromatic nitrogens is 2. The number of nitrogens with zero attached hydrogens (tertiary/aromatic N) is 2. The van der Waals surface area contributed by atoms with Crippen molar-refractivity contribution < 1.29 is 18.7 Å². The Kier molecular flexibility index (Phi) is 4.75. The van der Waals surface area contributed by atoms with Crippen LogP contribution in [0, 0.1) is 12.7 Å². The zero-order valence-corrected chi connectivity index (χ0v) is 15.9. The van der Waals surface area contributed by atoms with E-state index in [1.165, 1.54) is 16.8 Å². The van der Waals surface area contributed by atoms with Crippen LogP contribution in [-0.4, -0.2) is 28.7 Å². The van der Waals surface area contributed by atoms with Crippen LogP contribution in [0.3, 0.4) is 0 Å². The molecule has 0 aliphatic carbocycles. The molecule has 2 aromatic carbocycles. The van der Waals surface area contributed by atoms with Gasteiger partial charge < -0.3 is 15.4 Å². The molecule has 4 rings (SSSR count). The van der Waals surface area contributed by atoms with Crippen molar-refractivity contribution in [2.75, 3.05) is 17.7 Å². The number of carbonyl (C=O) groups is 2. The molecule has 2 heterocycles. The molecular weight excluding hydrogens is 375 g/mol. The number of carbonyl (C=O) groups excluding carboxylic acids is 2. The molecule has 1 unspecified atom stereocenters. The second kappa shape index (κ2) is 7.38. The number of rotatable bonds is 5. The monoisotopic (exact) mass is 394 g/mol. The predicted molar refractivity (Wildman–Crippen MR) is 106 cm³/mol. The van der Waals surface area contributed by atoms with Crippen LogP contribution in [0.2, 0.25) is 0 Å². The second-order valence-corrected chi connectivity index (χ2v) is 6.82. The van der Waals surface area contributed by atoms with E-state index in [4.69, 9.17) is 4.74 Å². The third kappa shape index (κ3) is 3.56. The van der Waals surface area contributed by atoms with Crippen molar-refractivity contribution in [2.24, 2.45) is 0 Å². The van der Waals surface area contributed by atoms with Gasteiger partial charge in [-0.15, -0.1) is 0 Å². The largest absolute Gasteiger partial charge is 0.497 e. The number of hydrogen-bond acceptors (Lipinski definition) is 4. The van der Waals surface area contributed by atoms with Crippen molar-refractivity contribution in [2.45, 2.75) is 19.4 Å². The van der Waals surface area contributed by atoms with E-state index in [1.54, 1.807) is 26.3 Å². The van der Waals surface area contributed by atoms with Gasteiger partial charge in [0.05, 0.1) is 25.4 Å². The van der Waals surface area contributed by atoms with Crippen LogP contribution in [0.1, 0.15) is 18.0 Å². The third-order valence-electron chi connectivity index (χ3n) is 4.81. The van der Waals surface area contributed by atoms with E-state index in [9.17, 15) is 14.0 Å². The average Bonchev–Trinajstić information content (AvgIpc) is 3.24. The van der Waals surface area contributed by atoms with Crippen LogP contribution in [0.25, 0.3) is 11.1 Å². The normalized spacial score (nSPS) is 15.0. The van der Waals surface area contributed by atoms with Gasteiger partial charge in [0.25, 0.3) is 5.91 Å². The summed E-state index contributed by atoms with van der Waals surface area (Å²) in [7, 11) is 1.59. The minimum atomic E-state index is -0.800. The number of anilines is 2. The number of ether oxygens (including phenoxy) is 1. The van der Waals surface area contributed by atoms with E-state index in [0.29, 0.717) is 5.82 Å². The Morgan fingerprint density at radius 2 is 2.03 bits per heavy atom. The second-order valence-electron chi connectivity index (χ2n) is 6.82. The highest BCUT2D eigenvalue weighted by atomic mass is 19.1. The van der Waals surface area contributed by atoms with Crippen molar-refractivity contribution in [1.82, 2.24) is 9.78 Å². The molecule has 148 valence electrons. The summed E-state index contributed by atoms with van der Waals surface area (Å²) in [5.41, 5.74) is 2.44. The molecule has 0 saturated carbocycles. The Balaban J connectivity index is 1.53. The lowest BCUT2D eigenvalue weighted by atomic mass is 10.1. The van der Waals surface area contributed by atoms with Crippen LogP contribution in [0.4, 0.5) is 15.9 Å². The van der Waals surface area contributed by atoms with Crippen molar-refractivity contribution in [3.05, 3.63) is 60.0 Å². The minimum Gasteiger partial charge on any atom is -0.497 e. The smallest absolute Gasteiger partial charge is 0.251 e. The van der Waals surface area contributed by atoms with Gasteiger partial charge >= 0.3 is 0 Å². The molecule has 0 radical (unpaired) electrons. The fourth-order valence-electron chi connectivity index (χ4n) is 3.29. The van der Waals surface area contributed by atoms with Crippen LogP contribution in [-0.2, 0) is 9.59 Å². The lowest BCUT2D eigenvalue weighted by Crippen LogP contribution is -2.23. The fourth-order valence-corrected chi connectivity index (χ4v) is 3.29. The summed E-state index contributed by atoms with van der Waals surface area (Å²) in [4.78, 5) is 24.8. The van der Waals surface area contributed by atoms with Gasteiger partial charge in [0.2, 0.25) is 5.91 Å². The van der Waals surface area contributed by atoms with E-state index in [1.807, 2.05) is 24.3 Å². The Bertz CT molecular complexity index is 1090. The topological polar surface area (TPSA) is 85.2 Å². The molecule has 0 fully saturated rings. The molecule has 1 atom stereocenters. The fraction of sp³-hybridized carbons (Fsp3) is 0.190. The molecule has 2 N–H and O–H groups in total. The molecule has 1 aromatic heterocycles. The van der Waals surface area contributed by atoms with Gasteiger partial charge in [-0.1, -0.05) is 18.2 Å². The first-order chi connectivity index (χ1) is 14.0. The zero-order valence-electron chi connectivity index (χ0n) is 15.9. The minimum absolute atomic E-state index is 0.0821. The van der Waals surface area contributed by atoms with Gasteiger partial charge in [-0.3, -0.25) is 9.59 Å². The number of hydrogen-bond donors (Lipinski definition) is 2. The number of amides is 2. The number of methoxy groups -OCH3 is 1. The van der Waals surface area contributed by atoms with Gasteiger partial charge in [0.15, 0.2) is 0 Å². The SMILES string of the molecule is COc1ccc(-c2cnn3c2NC(=O)C3CC(=O)Nc2ccc(C)cc2F)cc1. The Morgan fingerprint density at radius 1 is 1.28 bits per heavy atom. The molecule has 1 aliphatic rings. The van der Waals surface area contributed by atoms with Crippen molar-refractivity contribution >= 4 is 23.3 Å². The van der Waals surface area contributed by atoms with Crippen molar-refractivity contribution in [3.8, 4) is 16.9 Å². The first-order valence-electron chi connectivity index (χ1n) is 9.05. The molecule has 2 amide bonds. The van der Waals surface area contributed by atoms with Gasteiger partial charge in [-0.05, 0) is 42.3 Å². The highest BCUT2D eigenvalue weighted by molar-refractivity contribution is 6.04. The van der Waals surface area contributed by atoms with Gasteiger partial charge in [-0.25, -0.2) is 9.07 Å². The van der Waals surface area contributed by atoms with Crippen LogP contribution in [0.5, 0.6) is 5.75 Å². The maximum atomic E-state index is 14.0. The third-order valence-corrected chi connectivity index (χ3v) is 4.81. The number of fused-ring (bicyclic) bond motifs is 1. The maximum Gasteiger partial charge on any atom is 0.251 e. The van der Waals surface area contributed by atoms with Gasteiger partial charge in [-0.2, -0.15) is 5.10 Å². The number of aryl methyl sites for hydroxylation is 1. The van der Waals surface area contributed by atoms with E-state index in [2.05, 4.69) is 15.7 Å². The average molecular weight is 394 g/mol. The first kappa shape index (κ1) is 18.7.